The number of sulfone groups is 1. The number of hydrogen-bond donors (Lipinski definition) is 2. The molecule has 0 amide bonds. The summed E-state index contributed by atoms with van der Waals surface area (Å²) in [4.78, 5) is 11.9. The van der Waals surface area contributed by atoms with Gasteiger partial charge in [0.05, 0.1) is 0 Å². The molecule has 0 bridgehead atoms. The summed E-state index contributed by atoms with van der Waals surface area (Å²) in [5.74, 6) is -0.454. The lowest BCUT2D eigenvalue weighted by Crippen LogP contribution is -2.48. The highest BCUT2D eigenvalue weighted by molar-refractivity contribution is 7.92. The zero-order valence-corrected chi connectivity index (χ0v) is 13.8. The van der Waals surface area contributed by atoms with E-state index in [0.29, 0.717) is 0 Å². The molecule has 1 aliphatic heterocycles. The van der Waals surface area contributed by atoms with Crippen LogP contribution in [0, 0.1) is 6.92 Å². The quantitative estimate of drug-likeness (QED) is 0.664. The minimum Gasteiger partial charge on any atom is -0.620 e. The van der Waals surface area contributed by atoms with Gasteiger partial charge >= 0.3 is 6.96 Å². The van der Waals surface area contributed by atoms with Crippen molar-refractivity contribution in [2.75, 3.05) is 6.26 Å². The molecule has 9 nitrogen and oxygen atoms in total. The normalized spacial score (nSPS) is 19.4. The molecule has 1 aromatic heterocycles. The van der Waals surface area contributed by atoms with E-state index in [-0.39, 0.29) is 18.5 Å². The third-order valence-electron chi connectivity index (χ3n) is 3.79. The van der Waals surface area contributed by atoms with Gasteiger partial charge in [-0.1, -0.05) is 5.16 Å². The molecular formula is C12H18BN2O7S-. The van der Waals surface area contributed by atoms with Crippen LogP contribution in [0.15, 0.2) is 28.3 Å². The molecule has 0 unspecified atom stereocenters. The van der Waals surface area contributed by atoms with Crippen molar-refractivity contribution in [2.24, 2.45) is 5.16 Å². The minimum absolute atomic E-state index is 0.0663. The van der Waals surface area contributed by atoms with E-state index in [4.69, 9.17) is 4.65 Å². The largest absolute Gasteiger partial charge is 0.668 e. The predicted molar refractivity (Wildman–Crippen MR) is 83.1 cm³/mol. The number of aryl methyl sites for hydroxylation is 2. The molecule has 11 heteroatoms. The van der Waals surface area contributed by atoms with Crippen molar-refractivity contribution in [1.29, 1.82) is 0 Å². The van der Waals surface area contributed by atoms with Gasteiger partial charge in [0.15, 0.2) is 15.7 Å². The zero-order valence-electron chi connectivity index (χ0n) is 13.0. The minimum atomic E-state index is -3.75. The number of oxime groups is 1. The Kier molecular flexibility index (Phi) is 4.31. The molecule has 2 rings (SSSR count). The van der Waals surface area contributed by atoms with Crippen LogP contribution < -0.4 is 5.56 Å². The maximum Gasteiger partial charge on any atom is 0.668 e. The monoisotopic (exact) mass is 345 g/mol. The zero-order chi connectivity index (χ0) is 17.5. The van der Waals surface area contributed by atoms with Gasteiger partial charge in [0, 0.05) is 25.1 Å². The summed E-state index contributed by atoms with van der Waals surface area (Å²) in [5.41, 5.74) is 0.524. The Labute approximate surface area is 133 Å². The predicted octanol–water partition coefficient (Wildman–Crippen LogP) is -0.869. The molecule has 0 fully saturated rings. The molecule has 2 N–H and O–H groups in total. The maximum absolute atomic E-state index is 12.2. The van der Waals surface area contributed by atoms with Gasteiger partial charge in [0.25, 0.3) is 5.56 Å². The van der Waals surface area contributed by atoms with Gasteiger partial charge in [-0.15, -0.1) is 0 Å². The van der Waals surface area contributed by atoms with Crippen molar-refractivity contribution in [3.05, 3.63) is 34.2 Å². The van der Waals surface area contributed by atoms with Crippen molar-refractivity contribution >= 4 is 22.7 Å². The van der Waals surface area contributed by atoms with Crippen LogP contribution in [0.2, 0.25) is 0 Å². The number of hydrogen-bond acceptors (Lipinski definition) is 8. The van der Waals surface area contributed by atoms with Crippen LogP contribution in [-0.2, 0) is 25.8 Å². The Morgan fingerprint density at radius 3 is 2.57 bits per heavy atom. The Balaban J connectivity index is 2.29. The van der Waals surface area contributed by atoms with Crippen LogP contribution in [-0.4, -0.2) is 46.9 Å². The lowest BCUT2D eigenvalue weighted by molar-refractivity contribution is 0.102. The second kappa shape index (κ2) is 5.66. The fraction of sp³-hybridized carbons (Fsp3) is 0.500. The fourth-order valence-electron chi connectivity index (χ4n) is 2.10. The lowest BCUT2D eigenvalue weighted by Gasteiger charge is -2.30. The van der Waals surface area contributed by atoms with E-state index in [1.807, 2.05) is 0 Å². The van der Waals surface area contributed by atoms with Gasteiger partial charge in [0.2, 0.25) is 0 Å². The van der Waals surface area contributed by atoms with E-state index < -0.39 is 27.4 Å². The molecule has 23 heavy (non-hydrogen) atoms. The highest BCUT2D eigenvalue weighted by Crippen LogP contribution is 2.28. The van der Waals surface area contributed by atoms with E-state index in [0.717, 1.165) is 11.8 Å². The number of nitrogens with zero attached hydrogens (tertiary/aromatic N) is 2. The van der Waals surface area contributed by atoms with E-state index in [2.05, 4.69) is 9.91 Å². The highest BCUT2D eigenvalue weighted by Gasteiger charge is 2.48. The van der Waals surface area contributed by atoms with Crippen LogP contribution >= 0.6 is 0 Å². The van der Waals surface area contributed by atoms with Crippen molar-refractivity contribution < 1.29 is 27.9 Å². The van der Waals surface area contributed by atoms with Crippen molar-refractivity contribution in [1.82, 2.24) is 4.57 Å². The van der Waals surface area contributed by atoms with Gasteiger partial charge in [0.1, 0.15) is 4.75 Å². The summed E-state index contributed by atoms with van der Waals surface area (Å²) < 4.78 is 33.0. The third-order valence-corrected chi connectivity index (χ3v) is 5.81. The summed E-state index contributed by atoms with van der Waals surface area (Å²) in [6, 6.07) is 3.15. The van der Waals surface area contributed by atoms with E-state index >= 15 is 0 Å². The SMILES string of the molecule is Cc1ccn(CC[C@](C)(C2=NO[B-](O)(O)O2)S(C)(=O)=O)c(=O)c1. The highest BCUT2D eigenvalue weighted by atomic mass is 32.2. The average Bonchev–Trinajstić information content (AvgIpc) is 2.77. The summed E-state index contributed by atoms with van der Waals surface area (Å²) in [6.45, 7) is -0.489. The van der Waals surface area contributed by atoms with Crippen LogP contribution in [0.4, 0.5) is 0 Å². The van der Waals surface area contributed by atoms with Crippen molar-refractivity contribution in [3.63, 3.8) is 0 Å². The molecule has 0 spiro atoms. The van der Waals surface area contributed by atoms with Gasteiger partial charge in [-0.2, -0.15) is 0 Å². The topological polar surface area (TPSA) is 127 Å². The summed E-state index contributed by atoms with van der Waals surface area (Å²) >= 11 is 0. The van der Waals surface area contributed by atoms with Gasteiger partial charge < -0.3 is 24.0 Å². The molecule has 128 valence electrons. The van der Waals surface area contributed by atoms with Gasteiger partial charge in [-0.25, -0.2) is 8.42 Å². The molecule has 0 radical (unpaired) electrons. The standard InChI is InChI=1S/C12H18BN2O7S/c1-9-4-6-15(10(16)8-9)7-5-12(2,23(3,19)20)11-14-22-13(17,18)21-11/h4,6,8,17-18H,5,7H2,1-3H3/q-1/t12-/m1/s1. The lowest BCUT2D eigenvalue weighted by atomic mass is 10.0. The summed E-state index contributed by atoms with van der Waals surface area (Å²) in [6.07, 6.45) is 2.46. The molecule has 0 aromatic carbocycles. The van der Waals surface area contributed by atoms with Gasteiger partial charge in [-0.3, -0.25) is 4.79 Å². The van der Waals surface area contributed by atoms with Crippen molar-refractivity contribution in [2.45, 2.75) is 31.6 Å². The average molecular weight is 345 g/mol. The molecule has 0 saturated carbocycles. The molecule has 0 saturated heterocycles. The van der Waals surface area contributed by atoms with Crippen LogP contribution in [0.25, 0.3) is 0 Å². The first kappa shape index (κ1) is 17.5. The van der Waals surface area contributed by atoms with Crippen LogP contribution in [0.1, 0.15) is 18.9 Å². The molecule has 1 aliphatic rings. The number of rotatable bonds is 5. The first-order valence-corrected chi connectivity index (χ1v) is 8.74. The van der Waals surface area contributed by atoms with Crippen LogP contribution in [0.3, 0.4) is 0 Å². The van der Waals surface area contributed by atoms with Gasteiger partial charge in [-0.05, 0) is 31.9 Å². The smallest absolute Gasteiger partial charge is 0.620 e. The second-order valence-electron chi connectivity index (χ2n) is 5.74. The Bertz CT molecular complexity index is 802. The molecule has 0 aliphatic carbocycles. The first-order chi connectivity index (χ1) is 10.4. The fourth-order valence-corrected chi connectivity index (χ4v) is 2.97. The van der Waals surface area contributed by atoms with E-state index in [1.54, 1.807) is 19.2 Å². The Morgan fingerprint density at radius 2 is 2.09 bits per heavy atom. The van der Waals surface area contributed by atoms with Crippen LogP contribution in [0.5, 0.6) is 0 Å². The van der Waals surface area contributed by atoms with E-state index in [9.17, 15) is 23.3 Å². The molecular weight excluding hydrogens is 327 g/mol. The maximum atomic E-state index is 12.2. The third kappa shape index (κ3) is 3.57. The molecule has 2 heterocycles. The molecule has 1 aromatic rings. The van der Waals surface area contributed by atoms with Crippen molar-refractivity contribution in [3.8, 4) is 0 Å². The Hall–Kier alpha value is -1.85. The number of pyridine rings is 1. The van der Waals surface area contributed by atoms with E-state index in [1.165, 1.54) is 17.6 Å². The summed E-state index contributed by atoms with van der Waals surface area (Å²) in [5, 5.41) is 21.9. The first-order valence-electron chi connectivity index (χ1n) is 6.85. The number of aromatic nitrogens is 1. The molecule has 1 atom stereocenters. The summed E-state index contributed by atoms with van der Waals surface area (Å²) in [7, 11) is -3.75. The Morgan fingerprint density at radius 1 is 1.43 bits per heavy atom. The second-order valence-corrected chi connectivity index (χ2v) is 8.19.